The smallest absolute Gasteiger partial charge is 0.119 e. The molecule has 2 aromatic rings. The Morgan fingerprint density at radius 3 is 2.48 bits per heavy atom. The number of halogens is 1. The van der Waals surface area contributed by atoms with E-state index in [1.165, 1.54) is 16.7 Å². The predicted octanol–water partition coefficient (Wildman–Crippen LogP) is 3.38. The summed E-state index contributed by atoms with van der Waals surface area (Å²) in [6.07, 6.45) is 1.72. The van der Waals surface area contributed by atoms with Crippen molar-refractivity contribution in [2.24, 2.45) is 5.84 Å². The first-order chi connectivity index (χ1) is 10.1. The van der Waals surface area contributed by atoms with Crippen LogP contribution in [-0.2, 0) is 12.8 Å². The second kappa shape index (κ2) is 7.59. The lowest BCUT2D eigenvalue weighted by atomic mass is 9.99. The van der Waals surface area contributed by atoms with Gasteiger partial charge in [0, 0.05) is 10.5 Å². The van der Waals surface area contributed by atoms with Gasteiger partial charge in [-0.15, -0.1) is 0 Å². The Hall–Kier alpha value is -1.36. The van der Waals surface area contributed by atoms with E-state index in [2.05, 4.69) is 52.5 Å². The van der Waals surface area contributed by atoms with Gasteiger partial charge in [0.15, 0.2) is 0 Å². The van der Waals surface area contributed by atoms with Gasteiger partial charge >= 0.3 is 0 Å². The number of benzene rings is 2. The van der Waals surface area contributed by atoms with Gasteiger partial charge in [-0.25, -0.2) is 0 Å². The first kappa shape index (κ1) is 16.0. The Balaban J connectivity index is 2.10. The highest BCUT2D eigenvalue weighted by molar-refractivity contribution is 9.10. The van der Waals surface area contributed by atoms with Crippen molar-refractivity contribution in [1.29, 1.82) is 0 Å². The standard InChI is InChI=1S/C17H21BrN2O/c1-12-3-5-13(6-4-12)9-15(20-19)10-14-11-16(21-2)7-8-17(14)18/h3-8,11,15,20H,9-10,19H2,1-2H3. The van der Waals surface area contributed by atoms with Crippen molar-refractivity contribution in [1.82, 2.24) is 5.43 Å². The maximum absolute atomic E-state index is 5.72. The van der Waals surface area contributed by atoms with Gasteiger partial charge in [-0.3, -0.25) is 11.3 Å². The monoisotopic (exact) mass is 348 g/mol. The molecule has 2 rings (SSSR count). The van der Waals surface area contributed by atoms with Crippen molar-refractivity contribution in [3.63, 3.8) is 0 Å². The van der Waals surface area contributed by atoms with Crippen molar-refractivity contribution in [3.05, 3.63) is 63.6 Å². The first-order valence-electron chi connectivity index (χ1n) is 6.96. The molecule has 0 bridgehead atoms. The van der Waals surface area contributed by atoms with E-state index in [0.29, 0.717) is 0 Å². The number of methoxy groups -OCH3 is 1. The van der Waals surface area contributed by atoms with Crippen molar-refractivity contribution in [2.45, 2.75) is 25.8 Å². The van der Waals surface area contributed by atoms with E-state index < -0.39 is 0 Å². The molecule has 3 N–H and O–H groups in total. The van der Waals surface area contributed by atoms with Crippen molar-refractivity contribution < 1.29 is 4.74 Å². The summed E-state index contributed by atoms with van der Waals surface area (Å²) in [6, 6.07) is 14.7. The summed E-state index contributed by atoms with van der Waals surface area (Å²) in [7, 11) is 1.68. The average molecular weight is 349 g/mol. The number of hydrogen-bond donors (Lipinski definition) is 2. The van der Waals surface area contributed by atoms with Crippen molar-refractivity contribution >= 4 is 15.9 Å². The number of ether oxygens (including phenoxy) is 1. The van der Waals surface area contributed by atoms with Crippen LogP contribution in [0, 0.1) is 6.92 Å². The molecule has 2 aromatic carbocycles. The summed E-state index contributed by atoms with van der Waals surface area (Å²) in [5.74, 6) is 6.58. The van der Waals surface area contributed by atoms with Gasteiger partial charge in [-0.05, 0) is 49.1 Å². The van der Waals surface area contributed by atoms with Gasteiger partial charge in [-0.1, -0.05) is 45.8 Å². The van der Waals surface area contributed by atoms with Crippen LogP contribution in [0.25, 0.3) is 0 Å². The third-order valence-corrected chi connectivity index (χ3v) is 4.33. The summed E-state index contributed by atoms with van der Waals surface area (Å²) < 4.78 is 6.36. The van der Waals surface area contributed by atoms with Gasteiger partial charge in [-0.2, -0.15) is 0 Å². The molecule has 0 saturated heterocycles. The van der Waals surface area contributed by atoms with Gasteiger partial charge in [0.1, 0.15) is 5.75 Å². The van der Waals surface area contributed by atoms with Crippen molar-refractivity contribution in [3.8, 4) is 5.75 Å². The van der Waals surface area contributed by atoms with Crippen LogP contribution in [0.1, 0.15) is 16.7 Å². The minimum Gasteiger partial charge on any atom is -0.497 e. The predicted molar refractivity (Wildman–Crippen MR) is 90.4 cm³/mol. The molecule has 0 aliphatic rings. The maximum Gasteiger partial charge on any atom is 0.119 e. The molecule has 0 heterocycles. The van der Waals surface area contributed by atoms with E-state index in [4.69, 9.17) is 10.6 Å². The Morgan fingerprint density at radius 2 is 1.86 bits per heavy atom. The molecular weight excluding hydrogens is 328 g/mol. The number of nitrogens with one attached hydrogen (secondary N) is 1. The SMILES string of the molecule is COc1ccc(Br)c(CC(Cc2ccc(C)cc2)NN)c1. The van der Waals surface area contributed by atoms with E-state index >= 15 is 0 Å². The highest BCUT2D eigenvalue weighted by atomic mass is 79.9. The number of rotatable bonds is 6. The molecule has 0 amide bonds. The molecule has 1 unspecified atom stereocenters. The summed E-state index contributed by atoms with van der Waals surface area (Å²) >= 11 is 3.59. The van der Waals surface area contributed by atoms with E-state index in [9.17, 15) is 0 Å². The van der Waals surface area contributed by atoms with Crippen LogP contribution in [-0.4, -0.2) is 13.2 Å². The Kier molecular flexibility index (Phi) is 5.79. The lowest BCUT2D eigenvalue weighted by Crippen LogP contribution is -2.38. The molecule has 0 aliphatic carbocycles. The second-order valence-corrected chi connectivity index (χ2v) is 6.07. The van der Waals surface area contributed by atoms with E-state index in [1.807, 2.05) is 18.2 Å². The van der Waals surface area contributed by atoms with E-state index in [-0.39, 0.29) is 6.04 Å². The largest absolute Gasteiger partial charge is 0.497 e. The highest BCUT2D eigenvalue weighted by Crippen LogP contribution is 2.24. The van der Waals surface area contributed by atoms with Gasteiger partial charge < -0.3 is 4.74 Å². The Labute approximate surface area is 134 Å². The lowest BCUT2D eigenvalue weighted by Gasteiger charge is -2.17. The molecule has 0 fully saturated rings. The summed E-state index contributed by atoms with van der Waals surface area (Å²) in [5, 5.41) is 0. The molecular formula is C17H21BrN2O. The number of hydrogen-bond acceptors (Lipinski definition) is 3. The average Bonchev–Trinajstić information content (AvgIpc) is 2.50. The minimum atomic E-state index is 0.177. The first-order valence-corrected chi connectivity index (χ1v) is 7.75. The fraction of sp³-hybridized carbons (Fsp3) is 0.294. The quantitative estimate of drug-likeness (QED) is 0.621. The number of hydrazine groups is 1. The number of nitrogens with two attached hydrogens (primary N) is 1. The zero-order chi connectivity index (χ0) is 15.2. The van der Waals surface area contributed by atoms with Crippen LogP contribution in [0.4, 0.5) is 0 Å². The Bertz CT molecular complexity index is 584. The van der Waals surface area contributed by atoms with Crippen LogP contribution in [0.2, 0.25) is 0 Å². The molecule has 0 spiro atoms. The molecule has 21 heavy (non-hydrogen) atoms. The molecule has 1 atom stereocenters. The van der Waals surface area contributed by atoms with Crippen LogP contribution >= 0.6 is 15.9 Å². The van der Waals surface area contributed by atoms with Crippen LogP contribution in [0.5, 0.6) is 5.75 Å². The normalized spacial score (nSPS) is 12.2. The van der Waals surface area contributed by atoms with E-state index in [1.54, 1.807) is 7.11 Å². The zero-order valence-corrected chi connectivity index (χ0v) is 14.0. The molecule has 3 nitrogen and oxygen atoms in total. The molecule has 4 heteroatoms. The van der Waals surface area contributed by atoms with Crippen LogP contribution < -0.4 is 16.0 Å². The molecule has 0 aromatic heterocycles. The fourth-order valence-electron chi connectivity index (χ4n) is 2.30. The fourth-order valence-corrected chi connectivity index (χ4v) is 2.71. The summed E-state index contributed by atoms with van der Waals surface area (Å²) in [6.45, 7) is 2.09. The molecule has 0 radical (unpaired) electrons. The van der Waals surface area contributed by atoms with Gasteiger partial charge in [0.25, 0.3) is 0 Å². The lowest BCUT2D eigenvalue weighted by molar-refractivity contribution is 0.413. The maximum atomic E-state index is 5.72. The molecule has 0 aliphatic heterocycles. The summed E-state index contributed by atoms with van der Waals surface area (Å²) in [5.41, 5.74) is 6.65. The summed E-state index contributed by atoms with van der Waals surface area (Å²) in [4.78, 5) is 0. The van der Waals surface area contributed by atoms with Gasteiger partial charge in [0.05, 0.1) is 7.11 Å². The zero-order valence-electron chi connectivity index (χ0n) is 12.4. The number of aryl methyl sites for hydroxylation is 1. The van der Waals surface area contributed by atoms with E-state index in [0.717, 1.165) is 23.1 Å². The van der Waals surface area contributed by atoms with Gasteiger partial charge in [0.2, 0.25) is 0 Å². The van der Waals surface area contributed by atoms with Crippen LogP contribution in [0.15, 0.2) is 46.9 Å². The van der Waals surface area contributed by atoms with Crippen molar-refractivity contribution in [2.75, 3.05) is 7.11 Å². The second-order valence-electron chi connectivity index (χ2n) is 5.21. The minimum absolute atomic E-state index is 0.177. The van der Waals surface area contributed by atoms with Crippen LogP contribution in [0.3, 0.4) is 0 Å². The topological polar surface area (TPSA) is 47.3 Å². The third-order valence-electron chi connectivity index (χ3n) is 3.56. The third kappa shape index (κ3) is 4.56. The molecule has 112 valence electrons. The highest BCUT2D eigenvalue weighted by Gasteiger charge is 2.12. The Morgan fingerprint density at radius 1 is 1.14 bits per heavy atom. The molecule has 0 saturated carbocycles.